The highest BCUT2D eigenvalue weighted by atomic mass is 16.1. The summed E-state index contributed by atoms with van der Waals surface area (Å²) in [5, 5.41) is 3.14. The molecule has 1 aromatic carbocycles. The summed E-state index contributed by atoms with van der Waals surface area (Å²) in [6, 6.07) is 4.89. The van der Waals surface area contributed by atoms with Crippen LogP contribution in [0.15, 0.2) is 30.6 Å². The second kappa shape index (κ2) is 5.34. The van der Waals surface area contributed by atoms with Crippen LogP contribution >= 0.6 is 0 Å². The summed E-state index contributed by atoms with van der Waals surface area (Å²) in [5.41, 5.74) is 14.3. The maximum absolute atomic E-state index is 11.0. The van der Waals surface area contributed by atoms with Crippen molar-refractivity contribution in [3.8, 4) is 0 Å². The molecule has 0 unspecified atom stereocenters. The fourth-order valence-corrected chi connectivity index (χ4v) is 1.57. The highest BCUT2D eigenvalue weighted by Crippen LogP contribution is 2.20. The van der Waals surface area contributed by atoms with Gasteiger partial charge in [-0.05, 0) is 25.1 Å². The molecule has 0 spiro atoms. The van der Waals surface area contributed by atoms with E-state index in [-0.39, 0.29) is 0 Å². The lowest BCUT2D eigenvalue weighted by molar-refractivity contribution is 0.100. The van der Waals surface area contributed by atoms with Crippen LogP contribution in [0.2, 0.25) is 0 Å². The molecule has 0 aliphatic heterocycles. The molecule has 0 radical (unpaired) electrons. The van der Waals surface area contributed by atoms with Crippen LogP contribution in [0, 0.1) is 6.92 Å². The number of aryl methyl sites for hydroxylation is 1. The van der Waals surface area contributed by atoms with Gasteiger partial charge in [0, 0.05) is 11.8 Å². The van der Waals surface area contributed by atoms with E-state index in [4.69, 9.17) is 11.5 Å². The average Bonchev–Trinajstić information content (AvgIpc) is 2.39. The number of amides is 1. The van der Waals surface area contributed by atoms with Crippen molar-refractivity contribution in [2.24, 2.45) is 5.73 Å². The van der Waals surface area contributed by atoms with Crippen molar-refractivity contribution in [3.05, 3.63) is 47.5 Å². The fraction of sp³-hybridized carbons (Fsp3) is 0.154. The summed E-state index contributed by atoms with van der Waals surface area (Å²) in [5.74, 6) is -0.498. The highest BCUT2D eigenvalue weighted by molar-refractivity contribution is 5.94. The van der Waals surface area contributed by atoms with Crippen LogP contribution in [-0.4, -0.2) is 15.9 Å². The third kappa shape index (κ3) is 3.19. The van der Waals surface area contributed by atoms with Gasteiger partial charge in [-0.3, -0.25) is 14.8 Å². The van der Waals surface area contributed by atoms with Crippen LogP contribution < -0.4 is 16.8 Å². The number of hydrogen-bond acceptors (Lipinski definition) is 5. The first-order valence-corrected chi connectivity index (χ1v) is 5.77. The van der Waals surface area contributed by atoms with Crippen LogP contribution in [0.3, 0.4) is 0 Å². The number of hydrogen-bond donors (Lipinski definition) is 3. The Morgan fingerprint density at radius 1 is 1.32 bits per heavy atom. The molecule has 0 fully saturated rings. The van der Waals surface area contributed by atoms with Gasteiger partial charge >= 0.3 is 0 Å². The van der Waals surface area contributed by atoms with E-state index in [1.165, 1.54) is 0 Å². The van der Waals surface area contributed by atoms with E-state index >= 15 is 0 Å². The Morgan fingerprint density at radius 3 is 2.68 bits per heavy atom. The van der Waals surface area contributed by atoms with Crippen molar-refractivity contribution >= 4 is 17.3 Å². The molecule has 0 aliphatic rings. The zero-order valence-electron chi connectivity index (χ0n) is 10.6. The van der Waals surface area contributed by atoms with Crippen molar-refractivity contribution in [3.63, 3.8) is 0 Å². The monoisotopic (exact) mass is 257 g/mol. The Bertz CT molecular complexity index is 594. The van der Waals surface area contributed by atoms with Gasteiger partial charge in [-0.2, -0.15) is 0 Å². The zero-order valence-corrected chi connectivity index (χ0v) is 10.6. The van der Waals surface area contributed by atoms with Crippen molar-refractivity contribution in [1.82, 2.24) is 9.97 Å². The maximum Gasteiger partial charge on any atom is 0.248 e. The number of benzene rings is 1. The molecule has 1 aromatic heterocycles. The number of primary amides is 1. The molecule has 1 amide bonds. The van der Waals surface area contributed by atoms with Crippen molar-refractivity contribution < 1.29 is 4.79 Å². The van der Waals surface area contributed by atoms with Gasteiger partial charge in [0.15, 0.2) is 0 Å². The molecule has 2 aromatic rings. The van der Waals surface area contributed by atoms with Crippen molar-refractivity contribution in [1.29, 1.82) is 0 Å². The number of nitrogen functional groups attached to an aromatic ring is 1. The SMILES string of the molecule is Cc1cnc(CNc2ccc(C(N)=O)cc2N)cn1. The first-order chi connectivity index (χ1) is 9.06. The smallest absolute Gasteiger partial charge is 0.248 e. The van der Waals surface area contributed by atoms with Gasteiger partial charge < -0.3 is 16.8 Å². The molecule has 6 nitrogen and oxygen atoms in total. The first-order valence-electron chi connectivity index (χ1n) is 5.77. The predicted octanol–water partition coefficient (Wildman–Crippen LogP) is 1.08. The molecule has 98 valence electrons. The van der Waals surface area contributed by atoms with E-state index in [0.717, 1.165) is 17.1 Å². The van der Waals surface area contributed by atoms with E-state index in [9.17, 15) is 4.79 Å². The summed E-state index contributed by atoms with van der Waals surface area (Å²) >= 11 is 0. The molecule has 0 bridgehead atoms. The predicted molar refractivity (Wildman–Crippen MR) is 73.5 cm³/mol. The summed E-state index contributed by atoms with van der Waals surface area (Å²) in [6.45, 7) is 2.39. The van der Waals surface area contributed by atoms with E-state index in [2.05, 4.69) is 15.3 Å². The lowest BCUT2D eigenvalue weighted by Crippen LogP contribution is -2.12. The van der Waals surface area contributed by atoms with E-state index in [1.54, 1.807) is 30.6 Å². The van der Waals surface area contributed by atoms with Crippen LogP contribution in [0.25, 0.3) is 0 Å². The molecule has 1 heterocycles. The molecule has 0 atom stereocenters. The largest absolute Gasteiger partial charge is 0.397 e. The van der Waals surface area contributed by atoms with Gasteiger partial charge in [-0.15, -0.1) is 0 Å². The zero-order chi connectivity index (χ0) is 13.8. The van der Waals surface area contributed by atoms with Crippen LogP contribution in [-0.2, 0) is 6.54 Å². The minimum Gasteiger partial charge on any atom is -0.397 e. The minimum absolute atomic E-state index is 0.387. The van der Waals surface area contributed by atoms with Gasteiger partial charge in [0.25, 0.3) is 0 Å². The normalized spacial score (nSPS) is 10.2. The Hall–Kier alpha value is -2.63. The lowest BCUT2D eigenvalue weighted by atomic mass is 10.1. The van der Waals surface area contributed by atoms with Crippen LogP contribution in [0.5, 0.6) is 0 Å². The second-order valence-electron chi connectivity index (χ2n) is 4.17. The fourth-order valence-electron chi connectivity index (χ4n) is 1.57. The quantitative estimate of drug-likeness (QED) is 0.710. The third-order valence-electron chi connectivity index (χ3n) is 2.63. The van der Waals surface area contributed by atoms with Gasteiger partial charge in [0.1, 0.15) is 0 Å². The summed E-state index contributed by atoms with van der Waals surface area (Å²) in [6.07, 6.45) is 3.41. The number of aromatic nitrogens is 2. The van der Waals surface area contributed by atoms with E-state index in [1.807, 2.05) is 6.92 Å². The molecule has 2 rings (SSSR count). The first kappa shape index (κ1) is 12.8. The number of carbonyl (C=O) groups is 1. The molecule has 19 heavy (non-hydrogen) atoms. The Labute approximate surface area is 110 Å². The lowest BCUT2D eigenvalue weighted by Gasteiger charge is -2.09. The van der Waals surface area contributed by atoms with E-state index < -0.39 is 5.91 Å². The Morgan fingerprint density at radius 2 is 2.11 bits per heavy atom. The number of nitrogens with two attached hydrogens (primary N) is 2. The standard InChI is InChI=1S/C13H15N5O/c1-8-5-17-10(6-16-8)7-18-12-3-2-9(13(15)19)4-11(12)14/h2-6,18H,7,14H2,1H3,(H2,15,19). The number of nitrogens with zero attached hydrogens (tertiary/aromatic N) is 2. The Balaban J connectivity index is 2.07. The van der Waals surface area contributed by atoms with Crippen LogP contribution in [0.4, 0.5) is 11.4 Å². The molecular formula is C13H15N5O. The summed E-state index contributed by atoms with van der Waals surface area (Å²) in [7, 11) is 0. The average molecular weight is 257 g/mol. The summed E-state index contributed by atoms with van der Waals surface area (Å²) < 4.78 is 0. The second-order valence-corrected chi connectivity index (χ2v) is 4.17. The molecule has 6 heteroatoms. The van der Waals surface area contributed by atoms with Crippen molar-refractivity contribution in [2.75, 3.05) is 11.1 Å². The highest BCUT2D eigenvalue weighted by Gasteiger charge is 2.05. The Kier molecular flexibility index (Phi) is 3.61. The molecule has 5 N–H and O–H groups in total. The number of rotatable bonds is 4. The molecule has 0 saturated heterocycles. The minimum atomic E-state index is -0.498. The van der Waals surface area contributed by atoms with E-state index in [0.29, 0.717) is 17.8 Å². The molecular weight excluding hydrogens is 242 g/mol. The molecule has 0 aliphatic carbocycles. The number of carbonyl (C=O) groups excluding carboxylic acids is 1. The number of nitrogens with one attached hydrogen (secondary N) is 1. The maximum atomic E-state index is 11.0. The molecule has 0 saturated carbocycles. The third-order valence-corrected chi connectivity index (χ3v) is 2.63. The van der Waals surface area contributed by atoms with Crippen molar-refractivity contribution in [2.45, 2.75) is 13.5 Å². The summed E-state index contributed by atoms with van der Waals surface area (Å²) in [4.78, 5) is 19.4. The van der Waals surface area contributed by atoms with Gasteiger partial charge in [0.2, 0.25) is 5.91 Å². The van der Waals surface area contributed by atoms with Crippen LogP contribution in [0.1, 0.15) is 21.7 Å². The van der Waals surface area contributed by atoms with Gasteiger partial charge in [-0.25, -0.2) is 0 Å². The topological polar surface area (TPSA) is 107 Å². The van der Waals surface area contributed by atoms with Gasteiger partial charge in [-0.1, -0.05) is 0 Å². The van der Waals surface area contributed by atoms with Gasteiger partial charge in [0.05, 0.1) is 35.5 Å². The number of anilines is 2.